The second-order valence-electron chi connectivity index (χ2n) is 8.65. The first-order chi connectivity index (χ1) is 16.0. The Morgan fingerprint density at radius 2 is 2.06 bits per heavy atom. The highest BCUT2D eigenvalue weighted by molar-refractivity contribution is 5.92. The van der Waals surface area contributed by atoms with Gasteiger partial charge >= 0.3 is 0 Å². The summed E-state index contributed by atoms with van der Waals surface area (Å²) in [5, 5.41) is 10.2. The highest BCUT2D eigenvalue weighted by Crippen LogP contribution is 2.31. The maximum Gasteiger partial charge on any atom is 0.237 e. The van der Waals surface area contributed by atoms with Crippen molar-refractivity contribution in [2.45, 2.75) is 39.7 Å². The summed E-state index contributed by atoms with van der Waals surface area (Å²) in [7, 11) is 0. The van der Waals surface area contributed by atoms with Crippen LogP contribution in [-0.4, -0.2) is 51.6 Å². The van der Waals surface area contributed by atoms with Gasteiger partial charge in [0.15, 0.2) is 0 Å². The van der Waals surface area contributed by atoms with Gasteiger partial charge in [0.25, 0.3) is 0 Å². The number of benzene rings is 1. The summed E-state index contributed by atoms with van der Waals surface area (Å²) in [4.78, 5) is 22.6. The van der Waals surface area contributed by atoms with Gasteiger partial charge in [-0.1, -0.05) is 6.92 Å². The van der Waals surface area contributed by atoms with E-state index < -0.39 is 5.91 Å². The third-order valence-corrected chi connectivity index (χ3v) is 6.43. The maximum absolute atomic E-state index is 11.4. The minimum absolute atomic E-state index is 0.00586. The lowest BCUT2D eigenvalue weighted by Gasteiger charge is -2.30. The van der Waals surface area contributed by atoms with E-state index in [1.807, 2.05) is 37.3 Å². The van der Waals surface area contributed by atoms with E-state index in [9.17, 15) is 10.1 Å². The fourth-order valence-corrected chi connectivity index (χ4v) is 4.52. The van der Waals surface area contributed by atoms with Gasteiger partial charge in [-0.25, -0.2) is 9.97 Å². The first-order valence-electron chi connectivity index (χ1n) is 11.5. The summed E-state index contributed by atoms with van der Waals surface area (Å²) in [5.41, 5.74) is 8.39. The Morgan fingerprint density at radius 3 is 2.73 bits per heavy atom. The molecule has 3 aromatic rings. The number of hydrogen-bond donors (Lipinski definition) is 1. The van der Waals surface area contributed by atoms with Crippen molar-refractivity contribution >= 4 is 16.9 Å². The van der Waals surface area contributed by atoms with Crippen LogP contribution in [0, 0.1) is 24.2 Å². The number of aromatic nitrogens is 3. The molecule has 2 N–H and O–H groups in total. The Bertz CT molecular complexity index is 1190. The van der Waals surface area contributed by atoms with Gasteiger partial charge in [-0.2, -0.15) is 5.26 Å². The number of piperidine rings is 1. The van der Waals surface area contributed by atoms with E-state index in [0.29, 0.717) is 17.9 Å². The molecule has 0 bridgehead atoms. The second-order valence-corrected chi connectivity index (χ2v) is 8.65. The number of likely N-dealkylation sites (tertiary alicyclic amines) is 1. The number of primary amides is 1. The number of ether oxygens (including phenoxy) is 1. The van der Waals surface area contributed by atoms with Crippen molar-refractivity contribution in [2.24, 2.45) is 11.7 Å². The van der Waals surface area contributed by atoms with Crippen LogP contribution in [0.15, 0.2) is 30.5 Å². The summed E-state index contributed by atoms with van der Waals surface area (Å²) in [5.74, 6) is 1.17. The van der Waals surface area contributed by atoms with E-state index in [2.05, 4.69) is 21.8 Å². The molecule has 1 aromatic carbocycles. The van der Waals surface area contributed by atoms with Gasteiger partial charge in [0.1, 0.15) is 24.0 Å². The van der Waals surface area contributed by atoms with Crippen molar-refractivity contribution < 1.29 is 9.53 Å². The fourth-order valence-electron chi connectivity index (χ4n) is 4.52. The Morgan fingerprint density at radius 1 is 1.27 bits per heavy atom. The topological polar surface area (TPSA) is 110 Å². The van der Waals surface area contributed by atoms with Crippen LogP contribution < -0.4 is 10.5 Å². The van der Waals surface area contributed by atoms with Crippen molar-refractivity contribution in [1.82, 2.24) is 19.4 Å². The van der Waals surface area contributed by atoms with Gasteiger partial charge in [0, 0.05) is 17.1 Å². The number of aryl methyl sites for hydroxylation is 1. The Hall–Kier alpha value is -3.44. The van der Waals surface area contributed by atoms with E-state index in [0.717, 1.165) is 41.1 Å². The average Bonchev–Trinajstić information content (AvgIpc) is 3.21. The van der Waals surface area contributed by atoms with Gasteiger partial charge in [-0.3, -0.25) is 4.79 Å². The number of carbonyl (C=O) groups is 1. The molecule has 0 atom stereocenters. The molecular weight excluding hydrogens is 416 g/mol. The molecule has 0 unspecified atom stereocenters. The average molecular weight is 447 g/mol. The molecule has 4 rings (SSSR count). The molecule has 1 aliphatic rings. The van der Waals surface area contributed by atoms with Crippen molar-refractivity contribution in [2.75, 3.05) is 26.2 Å². The normalized spacial score (nSPS) is 14.9. The molecule has 0 spiro atoms. The predicted octanol–water partition coefficient (Wildman–Crippen LogP) is 3.26. The minimum atomic E-state index is -0.473. The lowest BCUT2D eigenvalue weighted by Crippen LogP contribution is -2.33. The summed E-state index contributed by atoms with van der Waals surface area (Å²) in [6, 6.07) is 9.79. The Kier molecular flexibility index (Phi) is 6.90. The zero-order valence-corrected chi connectivity index (χ0v) is 19.3. The molecule has 1 fully saturated rings. The molecule has 0 saturated carbocycles. The highest BCUT2D eigenvalue weighted by atomic mass is 16.5. The van der Waals surface area contributed by atoms with E-state index in [4.69, 9.17) is 10.5 Å². The SMILES string of the molecule is CCN1CCC(CCOc2ccc(-c3nc(C#N)nc4c3ccn4CC(N)=O)cc2C)CC1. The summed E-state index contributed by atoms with van der Waals surface area (Å²) >= 11 is 0. The highest BCUT2D eigenvalue weighted by Gasteiger charge is 2.18. The molecule has 3 heterocycles. The van der Waals surface area contributed by atoms with Crippen LogP contribution in [0.1, 0.15) is 37.6 Å². The number of rotatable bonds is 8. The first-order valence-corrected chi connectivity index (χ1v) is 11.5. The van der Waals surface area contributed by atoms with E-state index in [1.165, 1.54) is 25.9 Å². The molecule has 172 valence electrons. The molecule has 8 heteroatoms. The van der Waals surface area contributed by atoms with Gasteiger partial charge in [0.05, 0.1) is 12.3 Å². The van der Waals surface area contributed by atoms with Gasteiger partial charge in [-0.05, 0) is 81.6 Å². The molecule has 1 aliphatic heterocycles. The number of hydrogen-bond acceptors (Lipinski definition) is 6. The number of nitrogens with two attached hydrogens (primary N) is 1. The van der Waals surface area contributed by atoms with Crippen LogP contribution in [-0.2, 0) is 11.3 Å². The Labute approximate surface area is 194 Å². The van der Waals surface area contributed by atoms with Crippen molar-refractivity contribution in [3.8, 4) is 23.1 Å². The third kappa shape index (κ3) is 5.15. The van der Waals surface area contributed by atoms with E-state index in [-0.39, 0.29) is 12.4 Å². The molecule has 1 saturated heterocycles. The fraction of sp³-hybridized carbons (Fsp3) is 0.440. The monoisotopic (exact) mass is 446 g/mol. The van der Waals surface area contributed by atoms with Crippen molar-refractivity contribution in [1.29, 1.82) is 5.26 Å². The smallest absolute Gasteiger partial charge is 0.237 e. The minimum Gasteiger partial charge on any atom is -0.493 e. The van der Waals surface area contributed by atoms with Crippen molar-refractivity contribution in [3.63, 3.8) is 0 Å². The molecular formula is C25H30N6O2. The molecule has 2 aromatic heterocycles. The lowest BCUT2D eigenvalue weighted by atomic mass is 9.94. The maximum atomic E-state index is 11.4. The van der Waals surface area contributed by atoms with Gasteiger partial charge in [-0.15, -0.1) is 0 Å². The third-order valence-electron chi connectivity index (χ3n) is 6.43. The van der Waals surface area contributed by atoms with Gasteiger partial charge < -0.3 is 19.9 Å². The van der Waals surface area contributed by atoms with Crippen LogP contribution in [0.4, 0.5) is 0 Å². The molecule has 0 radical (unpaired) electrons. The number of amides is 1. The lowest BCUT2D eigenvalue weighted by molar-refractivity contribution is -0.118. The molecule has 33 heavy (non-hydrogen) atoms. The van der Waals surface area contributed by atoms with Crippen molar-refractivity contribution in [3.05, 3.63) is 41.9 Å². The van der Waals surface area contributed by atoms with Gasteiger partial charge in [0.2, 0.25) is 11.7 Å². The van der Waals surface area contributed by atoms with Crippen LogP contribution in [0.5, 0.6) is 5.75 Å². The quantitative estimate of drug-likeness (QED) is 0.569. The molecule has 0 aliphatic carbocycles. The zero-order valence-electron chi connectivity index (χ0n) is 19.3. The summed E-state index contributed by atoms with van der Waals surface area (Å²) in [6.45, 7) is 8.46. The van der Waals surface area contributed by atoms with Crippen LogP contribution in [0.25, 0.3) is 22.3 Å². The second kappa shape index (κ2) is 10.0. The summed E-state index contributed by atoms with van der Waals surface area (Å²) in [6.07, 6.45) is 5.30. The standard InChI is InChI=1S/C25H30N6O2/c1-3-30-10-6-18(7-11-30)9-13-33-21-5-4-19(14-17(21)2)24-20-8-12-31(16-22(27)32)25(20)29-23(15-26)28-24/h4-5,8,12,14,18H,3,6-7,9-11,13,16H2,1-2H3,(H2,27,32). The van der Waals surface area contributed by atoms with Crippen LogP contribution >= 0.6 is 0 Å². The van der Waals surface area contributed by atoms with E-state index >= 15 is 0 Å². The Balaban J connectivity index is 1.50. The molecule has 1 amide bonds. The summed E-state index contributed by atoms with van der Waals surface area (Å²) < 4.78 is 7.75. The van der Waals surface area contributed by atoms with Crippen LogP contribution in [0.3, 0.4) is 0 Å². The van der Waals surface area contributed by atoms with E-state index in [1.54, 1.807) is 10.8 Å². The van der Waals surface area contributed by atoms with Crippen LogP contribution in [0.2, 0.25) is 0 Å². The molecule has 8 nitrogen and oxygen atoms in total. The first kappa shape index (κ1) is 22.7. The largest absolute Gasteiger partial charge is 0.493 e. The zero-order chi connectivity index (χ0) is 23.4. The number of fused-ring (bicyclic) bond motifs is 1. The number of nitriles is 1. The number of carbonyl (C=O) groups excluding carboxylic acids is 1. The number of nitrogens with zero attached hydrogens (tertiary/aromatic N) is 5. The predicted molar refractivity (Wildman–Crippen MR) is 127 cm³/mol.